The molecule has 1 saturated carbocycles. The third kappa shape index (κ3) is 2.03. The van der Waals surface area contributed by atoms with Crippen molar-refractivity contribution in [3.05, 3.63) is 0 Å². The molecular weight excluding hydrogens is 202 g/mol. The third-order valence-electron chi connectivity index (χ3n) is 4.01. The Labute approximate surface area is 97.6 Å². The Hall–Kier alpha value is -0.770. The summed E-state index contributed by atoms with van der Waals surface area (Å²) in [5, 5.41) is 2.96. The van der Waals surface area contributed by atoms with Gasteiger partial charge >= 0.3 is 6.03 Å². The zero-order chi connectivity index (χ0) is 11.6. The van der Waals surface area contributed by atoms with Crippen LogP contribution in [-0.4, -0.2) is 35.6 Å². The van der Waals surface area contributed by atoms with E-state index in [1.54, 1.807) is 0 Å². The summed E-state index contributed by atoms with van der Waals surface area (Å²) < 4.78 is 0. The van der Waals surface area contributed by atoms with Gasteiger partial charge in [0.05, 0.1) is 6.04 Å². The monoisotopic (exact) mass is 225 g/mol. The van der Waals surface area contributed by atoms with Gasteiger partial charge in [0.25, 0.3) is 0 Å². The number of rotatable bonds is 2. The summed E-state index contributed by atoms with van der Waals surface area (Å²) in [5.41, 5.74) is 6.30. The lowest BCUT2D eigenvalue weighted by molar-refractivity contribution is 0.158. The molecule has 1 heterocycles. The van der Waals surface area contributed by atoms with E-state index in [0.717, 1.165) is 38.8 Å². The van der Waals surface area contributed by atoms with Gasteiger partial charge in [-0.3, -0.25) is 0 Å². The van der Waals surface area contributed by atoms with Crippen molar-refractivity contribution in [2.75, 3.05) is 13.1 Å². The molecule has 4 heteroatoms. The molecule has 0 radical (unpaired) electrons. The minimum atomic E-state index is -0.0954. The van der Waals surface area contributed by atoms with Gasteiger partial charge < -0.3 is 16.0 Å². The molecule has 92 valence electrons. The standard InChI is InChI=1S/C12H23N3O/c1-2-8-14-11(16)15-9-7-12(13)6-4-3-5-10(12)15/h10H,2-9,13H2,1H3,(H,14,16). The molecule has 2 rings (SSSR count). The summed E-state index contributed by atoms with van der Waals surface area (Å²) in [6.07, 6.45) is 6.54. The number of hydrogen-bond acceptors (Lipinski definition) is 2. The highest BCUT2D eigenvalue weighted by Gasteiger charge is 2.47. The van der Waals surface area contributed by atoms with Gasteiger partial charge in [-0.25, -0.2) is 4.79 Å². The van der Waals surface area contributed by atoms with Crippen LogP contribution in [0.4, 0.5) is 4.79 Å². The normalized spacial score (nSPS) is 33.6. The predicted octanol–water partition coefficient (Wildman–Crippen LogP) is 1.45. The highest BCUT2D eigenvalue weighted by Crippen LogP contribution is 2.37. The SMILES string of the molecule is CCCNC(=O)N1CCC2(N)CCCCC12. The molecule has 0 aromatic rings. The fraction of sp³-hybridized carbons (Fsp3) is 0.917. The third-order valence-corrected chi connectivity index (χ3v) is 4.01. The summed E-state index contributed by atoms with van der Waals surface area (Å²) >= 11 is 0. The van der Waals surface area contributed by atoms with Crippen molar-refractivity contribution >= 4 is 6.03 Å². The van der Waals surface area contributed by atoms with Crippen LogP contribution in [0.25, 0.3) is 0 Å². The van der Waals surface area contributed by atoms with Crippen LogP contribution in [0, 0.1) is 0 Å². The Bertz CT molecular complexity index is 269. The molecular formula is C12H23N3O. The molecule has 3 N–H and O–H groups in total. The van der Waals surface area contributed by atoms with E-state index in [9.17, 15) is 4.79 Å². The maximum Gasteiger partial charge on any atom is 0.317 e. The number of amides is 2. The van der Waals surface area contributed by atoms with Gasteiger partial charge in [-0.2, -0.15) is 0 Å². The van der Waals surface area contributed by atoms with Crippen molar-refractivity contribution < 1.29 is 4.79 Å². The molecule has 16 heavy (non-hydrogen) atoms. The van der Waals surface area contributed by atoms with Crippen molar-refractivity contribution in [3.63, 3.8) is 0 Å². The number of urea groups is 1. The topological polar surface area (TPSA) is 58.4 Å². The first-order valence-corrected chi connectivity index (χ1v) is 6.51. The minimum Gasteiger partial charge on any atom is -0.338 e. The number of nitrogens with two attached hydrogens (primary N) is 1. The number of nitrogens with zero attached hydrogens (tertiary/aromatic N) is 1. The Kier molecular flexibility index (Phi) is 3.38. The molecule has 2 amide bonds. The number of hydrogen-bond donors (Lipinski definition) is 2. The molecule has 2 fully saturated rings. The van der Waals surface area contributed by atoms with E-state index in [4.69, 9.17) is 5.73 Å². The first-order valence-electron chi connectivity index (χ1n) is 6.51. The molecule has 4 nitrogen and oxygen atoms in total. The van der Waals surface area contributed by atoms with Crippen molar-refractivity contribution in [3.8, 4) is 0 Å². The van der Waals surface area contributed by atoms with Crippen molar-refractivity contribution in [2.24, 2.45) is 5.73 Å². The Balaban J connectivity index is 1.99. The maximum absolute atomic E-state index is 12.0. The average molecular weight is 225 g/mol. The molecule has 0 aromatic carbocycles. The zero-order valence-corrected chi connectivity index (χ0v) is 10.2. The largest absolute Gasteiger partial charge is 0.338 e. The van der Waals surface area contributed by atoms with Crippen LogP contribution in [-0.2, 0) is 0 Å². The van der Waals surface area contributed by atoms with Gasteiger partial charge in [-0.1, -0.05) is 19.8 Å². The van der Waals surface area contributed by atoms with Gasteiger partial charge in [-0.15, -0.1) is 0 Å². The number of carbonyl (C=O) groups excluding carboxylic acids is 1. The average Bonchev–Trinajstić information content (AvgIpc) is 2.63. The second-order valence-corrected chi connectivity index (χ2v) is 5.17. The fourth-order valence-corrected chi connectivity index (χ4v) is 3.06. The highest BCUT2D eigenvalue weighted by atomic mass is 16.2. The minimum absolute atomic E-state index is 0.0843. The van der Waals surface area contributed by atoms with E-state index in [1.807, 2.05) is 4.90 Å². The quantitative estimate of drug-likeness (QED) is 0.747. The van der Waals surface area contributed by atoms with E-state index in [0.29, 0.717) is 0 Å². The maximum atomic E-state index is 12.0. The summed E-state index contributed by atoms with van der Waals surface area (Å²) in [4.78, 5) is 13.9. The van der Waals surface area contributed by atoms with Crippen LogP contribution in [0.2, 0.25) is 0 Å². The van der Waals surface area contributed by atoms with E-state index in [2.05, 4.69) is 12.2 Å². The second-order valence-electron chi connectivity index (χ2n) is 5.17. The van der Waals surface area contributed by atoms with Gasteiger partial charge in [0.1, 0.15) is 0 Å². The Morgan fingerprint density at radius 3 is 3.06 bits per heavy atom. The van der Waals surface area contributed by atoms with Crippen LogP contribution >= 0.6 is 0 Å². The lowest BCUT2D eigenvalue weighted by Gasteiger charge is -2.38. The van der Waals surface area contributed by atoms with Crippen molar-refractivity contribution in [1.29, 1.82) is 0 Å². The molecule has 0 bridgehead atoms. The molecule has 1 saturated heterocycles. The Morgan fingerprint density at radius 2 is 2.31 bits per heavy atom. The smallest absolute Gasteiger partial charge is 0.317 e. The molecule has 2 atom stereocenters. The molecule has 0 spiro atoms. The van der Waals surface area contributed by atoms with Crippen LogP contribution in [0.5, 0.6) is 0 Å². The van der Waals surface area contributed by atoms with Crippen molar-refractivity contribution in [1.82, 2.24) is 10.2 Å². The second kappa shape index (κ2) is 4.62. The molecule has 2 unspecified atom stereocenters. The number of nitrogens with one attached hydrogen (secondary N) is 1. The molecule has 2 aliphatic rings. The van der Waals surface area contributed by atoms with Gasteiger partial charge in [0.15, 0.2) is 0 Å². The van der Waals surface area contributed by atoms with Gasteiger partial charge in [-0.05, 0) is 25.7 Å². The number of likely N-dealkylation sites (tertiary alicyclic amines) is 1. The number of carbonyl (C=O) groups is 1. The van der Waals surface area contributed by atoms with E-state index in [1.165, 1.54) is 12.8 Å². The lowest BCUT2D eigenvalue weighted by atomic mass is 9.79. The van der Waals surface area contributed by atoms with Crippen LogP contribution in [0.3, 0.4) is 0 Å². The van der Waals surface area contributed by atoms with E-state index >= 15 is 0 Å². The zero-order valence-electron chi connectivity index (χ0n) is 10.2. The van der Waals surface area contributed by atoms with E-state index < -0.39 is 0 Å². The summed E-state index contributed by atoms with van der Waals surface area (Å²) in [6.45, 7) is 3.66. The first kappa shape index (κ1) is 11.7. The van der Waals surface area contributed by atoms with E-state index in [-0.39, 0.29) is 17.6 Å². The first-order chi connectivity index (χ1) is 7.67. The summed E-state index contributed by atoms with van der Waals surface area (Å²) in [7, 11) is 0. The lowest BCUT2D eigenvalue weighted by Crippen LogP contribution is -2.56. The number of fused-ring (bicyclic) bond motifs is 1. The highest BCUT2D eigenvalue weighted by molar-refractivity contribution is 5.75. The molecule has 1 aliphatic heterocycles. The molecule has 1 aliphatic carbocycles. The Morgan fingerprint density at radius 1 is 1.50 bits per heavy atom. The molecule has 0 aromatic heterocycles. The predicted molar refractivity (Wildman–Crippen MR) is 64.2 cm³/mol. The van der Waals surface area contributed by atoms with Crippen LogP contribution < -0.4 is 11.1 Å². The van der Waals surface area contributed by atoms with Crippen molar-refractivity contribution in [2.45, 2.75) is 57.0 Å². The van der Waals surface area contributed by atoms with Crippen LogP contribution in [0.15, 0.2) is 0 Å². The summed E-state index contributed by atoms with van der Waals surface area (Å²) in [6, 6.07) is 0.360. The fourth-order valence-electron chi connectivity index (χ4n) is 3.06. The van der Waals surface area contributed by atoms with Gasteiger partial charge in [0, 0.05) is 18.6 Å². The van der Waals surface area contributed by atoms with Crippen LogP contribution in [0.1, 0.15) is 45.4 Å². The summed E-state index contributed by atoms with van der Waals surface area (Å²) in [5.74, 6) is 0. The van der Waals surface area contributed by atoms with Gasteiger partial charge in [0.2, 0.25) is 0 Å².